The maximum Gasteiger partial charge on any atom is 0.251 e. The topological polar surface area (TPSA) is 55.4 Å². The van der Waals surface area contributed by atoms with Crippen LogP contribution in [-0.2, 0) is 14.3 Å². The zero-order valence-electron chi connectivity index (χ0n) is 11.7. The van der Waals surface area contributed by atoms with E-state index in [1.165, 1.54) is 0 Å². The van der Waals surface area contributed by atoms with Crippen LogP contribution < -0.4 is 5.32 Å². The molecule has 0 saturated heterocycles. The number of ether oxygens (including phenoxy) is 1. The standard InChI is InChI=1S/C14H21NO3/c1-9-6-11(7-14(3,4)12(9)16)13(17)15-10(2)8-18-5/h6-7,10H,8H2,1-5H3,(H,15,17)/t10-/m0/s1. The molecule has 0 spiro atoms. The fourth-order valence-corrected chi connectivity index (χ4v) is 2.03. The average Bonchev–Trinajstić information content (AvgIpc) is 2.25. The maximum atomic E-state index is 12.0. The predicted octanol–water partition coefficient (Wildman–Crippen LogP) is 1.62. The van der Waals surface area contributed by atoms with Gasteiger partial charge >= 0.3 is 0 Å². The predicted molar refractivity (Wildman–Crippen MR) is 70.1 cm³/mol. The highest BCUT2D eigenvalue weighted by Gasteiger charge is 2.31. The molecule has 0 saturated carbocycles. The first-order valence-electron chi connectivity index (χ1n) is 6.03. The Kier molecular flexibility index (Phi) is 4.46. The molecule has 4 heteroatoms. The highest BCUT2D eigenvalue weighted by molar-refractivity contribution is 6.07. The van der Waals surface area contributed by atoms with Gasteiger partial charge in [-0.25, -0.2) is 0 Å². The van der Waals surface area contributed by atoms with E-state index in [0.717, 1.165) is 0 Å². The summed E-state index contributed by atoms with van der Waals surface area (Å²) in [7, 11) is 1.59. The van der Waals surface area contributed by atoms with Gasteiger partial charge in [0.05, 0.1) is 6.61 Å². The number of carbonyl (C=O) groups is 2. The molecule has 1 amide bonds. The molecule has 0 bridgehead atoms. The summed E-state index contributed by atoms with van der Waals surface area (Å²) in [5.74, 6) is -0.108. The summed E-state index contributed by atoms with van der Waals surface area (Å²) in [6.07, 6.45) is 3.36. The zero-order valence-corrected chi connectivity index (χ0v) is 11.7. The molecule has 0 heterocycles. The number of amides is 1. The van der Waals surface area contributed by atoms with Crippen molar-refractivity contribution in [3.05, 3.63) is 23.3 Å². The molecule has 0 radical (unpaired) electrons. The minimum atomic E-state index is -0.615. The lowest BCUT2D eigenvalue weighted by atomic mass is 9.78. The summed E-state index contributed by atoms with van der Waals surface area (Å²) in [4.78, 5) is 23.9. The summed E-state index contributed by atoms with van der Waals surface area (Å²) in [5, 5.41) is 2.84. The van der Waals surface area contributed by atoms with Crippen molar-refractivity contribution in [1.29, 1.82) is 0 Å². The molecule has 18 heavy (non-hydrogen) atoms. The third-order valence-electron chi connectivity index (χ3n) is 2.89. The summed E-state index contributed by atoms with van der Waals surface area (Å²) >= 11 is 0. The molecule has 4 nitrogen and oxygen atoms in total. The number of hydrogen-bond donors (Lipinski definition) is 1. The van der Waals surface area contributed by atoms with Crippen LogP contribution in [0.25, 0.3) is 0 Å². The van der Waals surface area contributed by atoms with Gasteiger partial charge < -0.3 is 10.1 Å². The van der Waals surface area contributed by atoms with E-state index in [9.17, 15) is 9.59 Å². The normalized spacial score (nSPS) is 19.9. The van der Waals surface area contributed by atoms with E-state index in [4.69, 9.17) is 4.74 Å². The highest BCUT2D eigenvalue weighted by Crippen LogP contribution is 2.29. The quantitative estimate of drug-likeness (QED) is 0.826. The van der Waals surface area contributed by atoms with E-state index < -0.39 is 5.41 Å². The van der Waals surface area contributed by atoms with E-state index >= 15 is 0 Å². The fraction of sp³-hybridized carbons (Fsp3) is 0.571. The van der Waals surface area contributed by atoms with Crippen LogP contribution in [0.4, 0.5) is 0 Å². The van der Waals surface area contributed by atoms with Crippen molar-refractivity contribution in [2.45, 2.75) is 33.7 Å². The third kappa shape index (κ3) is 3.29. The minimum Gasteiger partial charge on any atom is -0.383 e. The van der Waals surface area contributed by atoms with Crippen LogP contribution in [0, 0.1) is 5.41 Å². The second-order valence-corrected chi connectivity index (χ2v) is 5.31. The van der Waals surface area contributed by atoms with Crippen LogP contribution in [0.5, 0.6) is 0 Å². The monoisotopic (exact) mass is 251 g/mol. The number of rotatable bonds is 4. The van der Waals surface area contributed by atoms with Crippen molar-refractivity contribution in [3.63, 3.8) is 0 Å². The largest absolute Gasteiger partial charge is 0.383 e. The van der Waals surface area contributed by atoms with E-state index in [-0.39, 0.29) is 17.7 Å². The first-order chi connectivity index (χ1) is 8.27. The molecule has 1 aliphatic rings. The van der Waals surface area contributed by atoms with Crippen molar-refractivity contribution < 1.29 is 14.3 Å². The molecule has 1 N–H and O–H groups in total. The van der Waals surface area contributed by atoms with Crippen LogP contribution in [0.1, 0.15) is 27.7 Å². The molecule has 0 aromatic rings. The van der Waals surface area contributed by atoms with Gasteiger partial charge in [0, 0.05) is 24.1 Å². The number of ketones is 1. The van der Waals surface area contributed by atoms with Gasteiger partial charge in [0.1, 0.15) is 0 Å². The zero-order chi connectivity index (χ0) is 13.9. The molecule has 100 valence electrons. The van der Waals surface area contributed by atoms with E-state index in [1.54, 1.807) is 26.2 Å². The van der Waals surface area contributed by atoms with Crippen LogP contribution in [-0.4, -0.2) is 31.4 Å². The van der Waals surface area contributed by atoms with E-state index in [1.807, 2.05) is 20.8 Å². The number of allylic oxidation sites excluding steroid dienone is 2. The van der Waals surface area contributed by atoms with Gasteiger partial charge in [0.25, 0.3) is 5.91 Å². The lowest BCUT2D eigenvalue weighted by molar-refractivity contribution is -0.121. The molecule has 0 fully saturated rings. The molecule has 1 aliphatic carbocycles. The van der Waals surface area contributed by atoms with Crippen LogP contribution in [0.15, 0.2) is 23.3 Å². The number of carbonyl (C=O) groups excluding carboxylic acids is 2. The molecule has 0 aromatic carbocycles. The van der Waals surface area contributed by atoms with Crippen molar-refractivity contribution in [2.24, 2.45) is 5.41 Å². The summed E-state index contributed by atoms with van der Waals surface area (Å²) in [6.45, 7) is 7.71. The maximum absolute atomic E-state index is 12.0. The SMILES string of the molecule is COC[C@H](C)NC(=O)C1=CC(C)(C)C(=O)C(C)=C1. The Balaban J connectivity index is 2.84. The number of Topliss-reactive ketones (excluding diaryl/α,β-unsaturated/α-hetero) is 1. The van der Waals surface area contributed by atoms with Crippen molar-refractivity contribution >= 4 is 11.7 Å². The summed E-state index contributed by atoms with van der Waals surface area (Å²) in [6, 6.07) is -0.0575. The fourth-order valence-electron chi connectivity index (χ4n) is 2.03. The van der Waals surface area contributed by atoms with Gasteiger partial charge in [-0.2, -0.15) is 0 Å². The van der Waals surface area contributed by atoms with Gasteiger partial charge in [-0.1, -0.05) is 6.08 Å². The molecule has 1 rings (SSSR count). The Bertz CT molecular complexity index is 419. The molecule has 0 aliphatic heterocycles. The smallest absolute Gasteiger partial charge is 0.251 e. The minimum absolute atomic E-state index is 0.0575. The lowest BCUT2D eigenvalue weighted by Crippen LogP contribution is -2.38. The molecule has 1 atom stereocenters. The van der Waals surface area contributed by atoms with Crippen molar-refractivity contribution in [3.8, 4) is 0 Å². The number of hydrogen-bond acceptors (Lipinski definition) is 3. The number of methoxy groups -OCH3 is 1. The Morgan fingerprint density at radius 3 is 2.61 bits per heavy atom. The summed E-state index contributed by atoms with van der Waals surface area (Å²) < 4.78 is 4.97. The van der Waals surface area contributed by atoms with E-state index in [2.05, 4.69) is 5.32 Å². The van der Waals surface area contributed by atoms with Crippen LogP contribution >= 0.6 is 0 Å². The first-order valence-corrected chi connectivity index (χ1v) is 6.03. The average molecular weight is 251 g/mol. The van der Waals surface area contributed by atoms with Gasteiger partial charge in [-0.3, -0.25) is 9.59 Å². The van der Waals surface area contributed by atoms with Crippen molar-refractivity contribution in [1.82, 2.24) is 5.32 Å². The van der Waals surface area contributed by atoms with Gasteiger partial charge in [0.15, 0.2) is 5.78 Å². The molecule has 0 unspecified atom stereocenters. The van der Waals surface area contributed by atoms with Crippen molar-refractivity contribution in [2.75, 3.05) is 13.7 Å². The lowest BCUT2D eigenvalue weighted by Gasteiger charge is -2.25. The number of nitrogens with one attached hydrogen (secondary N) is 1. The second kappa shape index (κ2) is 5.48. The first kappa shape index (κ1) is 14.6. The Hall–Kier alpha value is -1.42. The molecular weight excluding hydrogens is 230 g/mol. The third-order valence-corrected chi connectivity index (χ3v) is 2.89. The van der Waals surface area contributed by atoms with Crippen LogP contribution in [0.2, 0.25) is 0 Å². The Labute approximate surface area is 108 Å². The molecule has 0 aromatic heterocycles. The Morgan fingerprint density at radius 2 is 2.11 bits per heavy atom. The molecular formula is C14H21NO3. The summed E-state index contributed by atoms with van der Waals surface area (Å²) in [5.41, 5.74) is 0.544. The van der Waals surface area contributed by atoms with Gasteiger partial charge in [0.2, 0.25) is 0 Å². The van der Waals surface area contributed by atoms with Crippen LogP contribution in [0.3, 0.4) is 0 Å². The van der Waals surface area contributed by atoms with Gasteiger partial charge in [-0.05, 0) is 39.3 Å². The van der Waals surface area contributed by atoms with Gasteiger partial charge in [-0.15, -0.1) is 0 Å². The Morgan fingerprint density at radius 1 is 1.50 bits per heavy atom. The second-order valence-electron chi connectivity index (χ2n) is 5.31. The van der Waals surface area contributed by atoms with E-state index in [0.29, 0.717) is 17.8 Å². The highest BCUT2D eigenvalue weighted by atomic mass is 16.5.